The van der Waals surface area contributed by atoms with Crippen molar-refractivity contribution in [1.29, 1.82) is 0 Å². The molecule has 0 saturated heterocycles. The molecule has 2 aromatic rings. The van der Waals surface area contributed by atoms with Crippen LogP contribution in [-0.4, -0.2) is 9.97 Å². The molecule has 0 bridgehead atoms. The second-order valence-electron chi connectivity index (χ2n) is 4.37. The van der Waals surface area contributed by atoms with E-state index in [2.05, 4.69) is 35.9 Å². The summed E-state index contributed by atoms with van der Waals surface area (Å²) in [6.07, 6.45) is 4.65. The van der Waals surface area contributed by atoms with Gasteiger partial charge in [0.1, 0.15) is 5.82 Å². The number of hydrogen-bond donors (Lipinski definition) is 1. The normalized spacial score (nSPS) is 11.2. The summed E-state index contributed by atoms with van der Waals surface area (Å²) in [5.41, 5.74) is 5.03. The van der Waals surface area contributed by atoms with Crippen LogP contribution in [0, 0.1) is 0 Å². The lowest BCUT2D eigenvalue weighted by molar-refractivity contribution is 0.788. The number of hydrogen-bond acceptors (Lipinski definition) is 1. The SMILES string of the molecule is CCCCc1ccc2[nH]c(CCl)nc2c1CC. The van der Waals surface area contributed by atoms with Crippen LogP contribution >= 0.6 is 11.6 Å². The number of benzene rings is 1. The molecule has 0 aliphatic heterocycles. The molecule has 2 rings (SSSR count). The van der Waals surface area contributed by atoms with Crippen molar-refractivity contribution in [3.05, 3.63) is 29.1 Å². The van der Waals surface area contributed by atoms with Crippen molar-refractivity contribution in [3.8, 4) is 0 Å². The van der Waals surface area contributed by atoms with E-state index in [0.29, 0.717) is 5.88 Å². The van der Waals surface area contributed by atoms with Crippen LogP contribution in [0.1, 0.15) is 43.6 Å². The van der Waals surface area contributed by atoms with Gasteiger partial charge in [0.05, 0.1) is 16.9 Å². The van der Waals surface area contributed by atoms with Gasteiger partial charge in [-0.05, 0) is 36.5 Å². The van der Waals surface area contributed by atoms with Gasteiger partial charge in [0, 0.05) is 0 Å². The first-order valence-corrected chi connectivity index (χ1v) is 6.88. The summed E-state index contributed by atoms with van der Waals surface area (Å²) >= 11 is 5.82. The number of unbranched alkanes of at least 4 members (excludes halogenated alkanes) is 1. The Hall–Kier alpha value is -1.02. The highest BCUT2D eigenvalue weighted by molar-refractivity contribution is 6.16. The van der Waals surface area contributed by atoms with Gasteiger partial charge < -0.3 is 4.98 Å². The minimum atomic E-state index is 0.447. The highest BCUT2D eigenvalue weighted by atomic mass is 35.5. The van der Waals surface area contributed by atoms with Crippen molar-refractivity contribution in [2.45, 2.75) is 45.4 Å². The van der Waals surface area contributed by atoms with Crippen LogP contribution in [0.4, 0.5) is 0 Å². The minimum absolute atomic E-state index is 0.447. The van der Waals surface area contributed by atoms with Gasteiger partial charge in [-0.25, -0.2) is 4.98 Å². The van der Waals surface area contributed by atoms with Crippen molar-refractivity contribution in [2.75, 3.05) is 0 Å². The highest BCUT2D eigenvalue weighted by Crippen LogP contribution is 2.23. The number of fused-ring (bicyclic) bond motifs is 1. The summed E-state index contributed by atoms with van der Waals surface area (Å²) < 4.78 is 0. The fourth-order valence-corrected chi connectivity index (χ4v) is 2.41. The van der Waals surface area contributed by atoms with Crippen molar-refractivity contribution >= 4 is 22.6 Å². The lowest BCUT2D eigenvalue weighted by Crippen LogP contribution is -1.94. The fourth-order valence-electron chi connectivity index (χ4n) is 2.28. The third-order valence-corrected chi connectivity index (χ3v) is 3.44. The lowest BCUT2D eigenvalue weighted by Gasteiger charge is -2.07. The summed E-state index contributed by atoms with van der Waals surface area (Å²) in [4.78, 5) is 7.84. The van der Waals surface area contributed by atoms with Gasteiger partial charge in [0.15, 0.2) is 0 Å². The van der Waals surface area contributed by atoms with Gasteiger partial charge in [-0.15, -0.1) is 11.6 Å². The molecule has 3 heteroatoms. The molecule has 1 heterocycles. The first-order chi connectivity index (χ1) is 8.30. The molecule has 0 atom stereocenters. The van der Waals surface area contributed by atoms with E-state index in [-0.39, 0.29) is 0 Å². The average Bonchev–Trinajstić information content (AvgIpc) is 2.78. The number of halogens is 1. The number of aryl methyl sites for hydroxylation is 2. The zero-order valence-corrected chi connectivity index (χ0v) is 11.3. The van der Waals surface area contributed by atoms with E-state index in [1.165, 1.54) is 24.0 Å². The summed E-state index contributed by atoms with van der Waals surface area (Å²) in [6, 6.07) is 4.36. The summed E-state index contributed by atoms with van der Waals surface area (Å²) in [7, 11) is 0. The quantitative estimate of drug-likeness (QED) is 0.792. The number of aromatic nitrogens is 2. The number of rotatable bonds is 5. The monoisotopic (exact) mass is 250 g/mol. The van der Waals surface area contributed by atoms with Crippen LogP contribution in [0.5, 0.6) is 0 Å². The van der Waals surface area contributed by atoms with E-state index in [9.17, 15) is 0 Å². The van der Waals surface area contributed by atoms with Crippen LogP contribution < -0.4 is 0 Å². The van der Waals surface area contributed by atoms with E-state index >= 15 is 0 Å². The molecule has 1 aromatic carbocycles. The molecular weight excluding hydrogens is 232 g/mol. The first-order valence-electron chi connectivity index (χ1n) is 6.35. The Balaban J connectivity index is 2.47. The predicted molar refractivity (Wildman–Crippen MR) is 73.6 cm³/mol. The molecule has 92 valence electrons. The van der Waals surface area contributed by atoms with E-state index in [1.54, 1.807) is 0 Å². The van der Waals surface area contributed by atoms with Crippen molar-refractivity contribution in [1.82, 2.24) is 9.97 Å². The summed E-state index contributed by atoms with van der Waals surface area (Å²) in [5.74, 6) is 1.31. The molecule has 0 radical (unpaired) electrons. The predicted octanol–water partition coefficient (Wildman–Crippen LogP) is 4.21. The number of nitrogens with one attached hydrogen (secondary N) is 1. The molecule has 0 aliphatic rings. The van der Waals surface area contributed by atoms with Gasteiger partial charge >= 0.3 is 0 Å². The second-order valence-corrected chi connectivity index (χ2v) is 4.64. The van der Waals surface area contributed by atoms with Crippen molar-refractivity contribution in [2.24, 2.45) is 0 Å². The van der Waals surface area contributed by atoms with Gasteiger partial charge in [-0.3, -0.25) is 0 Å². The molecule has 0 spiro atoms. The number of nitrogens with zero attached hydrogens (tertiary/aromatic N) is 1. The second kappa shape index (κ2) is 5.54. The Kier molecular flexibility index (Phi) is 4.06. The van der Waals surface area contributed by atoms with Crippen molar-refractivity contribution in [3.63, 3.8) is 0 Å². The first kappa shape index (κ1) is 12.4. The zero-order valence-electron chi connectivity index (χ0n) is 10.5. The summed E-state index contributed by atoms with van der Waals surface area (Å²) in [5, 5.41) is 0. The van der Waals surface area contributed by atoms with Gasteiger partial charge in [0.2, 0.25) is 0 Å². The Morgan fingerprint density at radius 1 is 1.29 bits per heavy atom. The zero-order chi connectivity index (χ0) is 12.3. The fraction of sp³-hybridized carbons (Fsp3) is 0.500. The highest BCUT2D eigenvalue weighted by Gasteiger charge is 2.10. The van der Waals surface area contributed by atoms with E-state index in [1.807, 2.05) is 0 Å². The van der Waals surface area contributed by atoms with Crippen LogP contribution in [0.2, 0.25) is 0 Å². The number of aromatic amines is 1. The topological polar surface area (TPSA) is 28.7 Å². The average molecular weight is 251 g/mol. The number of imidazole rings is 1. The Labute approximate surface area is 107 Å². The molecule has 0 aliphatic carbocycles. The smallest absolute Gasteiger partial charge is 0.122 e. The Bertz CT molecular complexity index is 502. The molecule has 0 saturated carbocycles. The Morgan fingerprint density at radius 2 is 2.12 bits per heavy atom. The lowest BCUT2D eigenvalue weighted by atomic mass is 9.99. The van der Waals surface area contributed by atoms with Crippen LogP contribution in [-0.2, 0) is 18.7 Å². The number of H-pyrrole nitrogens is 1. The van der Waals surface area contributed by atoms with Gasteiger partial charge in [-0.2, -0.15) is 0 Å². The molecular formula is C14H19ClN2. The maximum Gasteiger partial charge on any atom is 0.122 e. The molecule has 0 amide bonds. The Morgan fingerprint density at radius 3 is 2.76 bits per heavy atom. The standard InChI is InChI=1S/C14H19ClN2/c1-3-5-6-10-7-8-12-14(11(10)4-2)17-13(9-15)16-12/h7-8H,3-6,9H2,1-2H3,(H,16,17). The molecule has 2 nitrogen and oxygen atoms in total. The van der Waals surface area contributed by atoms with E-state index in [0.717, 1.165) is 29.7 Å². The van der Waals surface area contributed by atoms with Crippen LogP contribution in [0.3, 0.4) is 0 Å². The molecule has 0 unspecified atom stereocenters. The molecule has 1 N–H and O–H groups in total. The third kappa shape index (κ3) is 2.47. The molecule has 17 heavy (non-hydrogen) atoms. The molecule has 1 aromatic heterocycles. The maximum atomic E-state index is 5.82. The van der Waals surface area contributed by atoms with E-state index < -0.39 is 0 Å². The third-order valence-electron chi connectivity index (χ3n) is 3.19. The van der Waals surface area contributed by atoms with Crippen LogP contribution in [0.25, 0.3) is 11.0 Å². The largest absolute Gasteiger partial charge is 0.341 e. The van der Waals surface area contributed by atoms with Gasteiger partial charge in [-0.1, -0.05) is 26.3 Å². The van der Waals surface area contributed by atoms with Crippen LogP contribution in [0.15, 0.2) is 12.1 Å². The minimum Gasteiger partial charge on any atom is -0.341 e. The van der Waals surface area contributed by atoms with E-state index in [4.69, 9.17) is 11.6 Å². The molecule has 0 fully saturated rings. The van der Waals surface area contributed by atoms with Gasteiger partial charge in [0.25, 0.3) is 0 Å². The van der Waals surface area contributed by atoms with Crippen molar-refractivity contribution < 1.29 is 0 Å². The number of alkyl halides is 1. The maximum absolute atomic E-state index is 5.82. The summed E-state index contributed by atoms with van der Waals surface area (Å²) in [6.45, 7) is 4.42.